The van der Waals surface area contributed by atoms with Crippen molar-refractivity contribution in [3.63, 3.8) is 0 Å². The molecular formula is C26H37FN6S. The summed E-state index contributed by atoms with van der Waals surface area (Å²) in [6.45, 7) is 9.47. The first-order chi connectivity index (χ1) is 16.5. The van der Waals surface area contributed by atoms with Crippen LogP contribution >= 0.6 is 12.2 Å². The molecule has 1 atom stereocenters. The van der Waals surface area contributed by atoms with Crippen LogP contribution in [-0.4, -0.2) is 47.8 Å². The Labute approximate surface area is 208 Å². The number of nitrogens with zero attached hydrogens (tertiary/aromatic N) is 4. The quantitative estimate of drug-likeness (QED) is 0.423. The Hall–Kier alpha value is -2.48. The molecule has 6 nitrogen and oxygen atoms in total. The van der Waals surface area contributed by atoms with Gasteiger partial charge in [0, 0.05) is 38.8 Å². The molecule has 184 valence electrons. The average molecular weight is 485 g/mol. The topological polar surface area (TPSA) is 56.3 Å². The molecular weight excluding hydrogens is 447 g/mol. The lowest BCUT2D eigenvalue weighted by Gasteiger charge is -2.34. The number of rotatable bonds is 7. The van der Waals surface area contributed by atoms with Crippen molar-refractivity contribution in [3.05, 3.63) is 41.7 Å². The van der Waals surface area contributed by atoms with Gasteiger partial charge < -0.3 is 20.4 Å². The summed E-state index contributed by atoms with van der Waals surface area (Å²) in [5, 5.41) is 7.01. The largest absolute Gasteiger partial charge is 0.362 e. The first-order valence-electron chi connectivity index (χ1n) is 12.6. The van der Waals surface area contributed by atoms with E-state index in [-0.39, 0.29) is 5.82 Å². The smallest absolute Gasteiger partial charge is 0.232 e. The van der Waals surface area contributed by atoms with Crippen molar-refractivity contribution in [1.82, 2.24) is 15.3 Å². The maximum Gasteiger partial charge on any atom is 0.232 e. The Kier molecular flexibility index (Phi) is 8.53. The molecule has 0 saturated carbocycles. The lowest BCUT2D eigenvalue weighted by molar-refractivity contribution is 0.435. The molecule has 8 heteroatoms. The Balaban J connectivity index is 1.38. The van der Waals surface area contributed by atoms with Gasteiger partial charge in [0.1, 0.15) is 17.5 Å². The number of piperidine rings is 2. The molecule has 2 N–H and O–H groups in total. The van der Waals surface area contributed by atoms with Crippen molar-refractivity contribution in [2.75, 3.05) is 47.8 Å². The minimum Gasteiger partial charge on any atom is -0.362 e. The molecule has 2 aromatic rings. The number of hydrogen-bond donors (Lipinski definition) is 2. The van der Waals surface area contributed by atoms with Gasteiger partial charge in [0.05, 0.1) is 0 Å². The molecule has 3 heterocycles. The Bertz CT molecular complexity index is 945. The van der Waals surface area contributed by atoms with E-state index in [0.717, 1.165) is 68.7 Å². The third-order valence-electron chi connectivity index (χ3n) is 6.85. The SMILES string of the molecule is CC1CCN(c2cc(N3CCC[C@H](C)C3)nc(NC(=S)NCCCc3ccc(F)cc3)n2)CC1. The maximum absolute atomic E-state index is 13.1. The first-order valence-corrected chi connectivity index (χ1v) is 13.1. The van der Waals surface area contributed by atoms with Gasteiger partial charge in [-0.2, -0.15) is 9.97 Å². The fraction of sp³-hybridized carbons (Fsp3) is 0.577. The molecule has 0 aliphatic carbocycles. The van der Waals surface area contributed by atoms with Crippen LogP contribution < -0.4 is 20.4 Å². The van der Waals surface area contributed by atoms with Gasteiger partial charge in [-0.05, 0) is 80.3 Å². The van der Waals surface area contributed by atoms with Gasteiger partial charge in [-0.25, -0.2) is 4.39 Å². The molecule has 2 aliphatic rings. The maximum atomic E-state index is 13.1. The minimum atomic E-state index is -0.202. The predicted octanol–water partition coefficient (Wildman–Crippen LogP) is 5.01. The van der Waals surface area contributed by atoms with Crippen molar-refractivity contribution in [1.29, 1.82) is 0 Å². The van der Waals surface area contributed by atoms with Gasteiger partial charge in [0.15, 0.2) is 5.11 Å². The molecule has 1 aromatic heterocycles. The highest BCUT2D eigenvalue weighted by molar-refractivity contribution is 7.80. The van der Waals surface area contributed by atoms with E-state index < -0.39 is 0 Å². The minimum absolute atomic E-state index is 0.202. The lowest BCUT2D eigenvalue weighted by atomic mass is 9.99. The average Bonchev–Trinajstić information content (AvgIpc) is 2.83. The van der Waals surface area contributed by atoms with Crippen molar-refractivity contribution in [2.24, 2.45) is 11.8 Å². The molecule has 2 aliphatic heterocycles. The number of hydrogen-bond acceptors (Lipinski definition) is 5. The van der Waals surface area contributed by atoms with E-state index in [4.69, 9.17) is 22.2 Å². The third kappa shape index (κ3) is 7.01. The fourth-order valence-corrected chi connectivity index (χ4v) is 4.92. The molecule has 4 rings (SSSR count). The summed E-state index contributed by atoms with van der Waals surface area (Å²) in [4.78, 5) is 14.4. The second-order valence-corrected chi connectivity index (χ2v) is 10.3. The zero-order chi connectivity index (χ0) is 23.9. The molecule has 2 saturated heterocycles. The standard InChI is InChI=1S/C26H37FN6S/c1-19-11-15-32(16-12-19)23-17-24(33-14-4-5-20(2)18-33)30-25(29-23)31-26(34)28-13-3-6-21-7-9-22(27)10-8-21/h7-10,17,19-20H,3-6,11-16,18H2,1-2H3,(H2,28,29,30,31,34)/t20-/m0/s1. The molecule has 2 fully saturated rings. The molecule has 0 radical (unpaired) electrons. The highest BCUT2D eigenvalue weighted by Gasteiger charge is 2.22. The summed E-state index contributed by atoms with van der Waals surface area (Å²) in [5.74, 6) is 3.76. The van der Waals surface area contributed by atoms with Crippen LogP contribution in [0.1, 0.15) is 51.5 Å². The summed E-state index contributed by atoms with van der Waals surface area (Å²) < 4.78 is 13.1. The van der Waals surface area contributed by atoms with E-state index >= 15 is 0 Å². The van der Waals surface area contributed by atoms with E-state index in [0.29, 0.717) is 17.0 Å². The molecule has 1 aromatic carbocycles. The van der Waals surface area contributed by atoms with Crippen molar-refractivity contribution >= 4 is 34.9 Å². The summed E-state index contributed by atoms with van der Waals surface area (Å²) in [7, 11) is 0. The highest BCUT2D eigenvalue weighted by atomic mass is 32.1. The van der Waals surface area contributed by atoms with Crippen molar-refractivity contribution in [2.45, 2.75) is 52.4 Å². The van der Waals surface area contributed by atoms with Crippen LogP contribution in [0.3, 0.4) is 0 Å². The van der Waals surface area contributed by atoms with Gasteiger partial charge in [-0.15, -0.1) is 0 Å². The summed E-state index contributed by atoms with van der Waals surface area (Å²) in [5.41, 5.74) is 1.12. The second-order valence-electron chi connectivity index (χ2n) is 9.88. The van der Waals surface area contributed by atoms with E-state index in [9.17, 15) is 4.39 Å². The van der Waals surface area contributed by atoms with Crippen molar-refractivity contribution in [3.8, 4) is 0 Å². The number of benzene rings is 1. The zero-order valence-corrected chi connectivity index (χ0v) is 21.2. The van der Waals surface area contributed by atoms with E-state index in [1.807, 2.05) is 12.1 Å². The highest BCUT2D eigenvalue weighted by Crippen LogP contribution is 2.28. The zero-order valence-electron chi connectivity index (χ0n) is 20.4. The van der Waals surface area contributed by atoms with Crippen LogP contribution in [0.15, 0.2) is 30.3 Å². The van der Waals surface area contributed by atoms with Crippen LogP contribution in [0.4, 0.5) is 22.0 Å². The van der Waals surface area contributed by atoms with E-state index in [1.54, 1.807) is 0 Å². The van der Waals surface area contributed by atoms with Gasteiger partial charge in [0.25, 0.3) is 0 Å². The van der Waals surface area contributed by atoms with Crippen LogP contribution in [0.5, 0.6) is 0 Å². The summed E-state index contributed by atoms with van der Waals surface area (Å²) in [6, 6.07) is 8.81. The Morgan fingerprint density at radius 2 is 1.71 bits per heavy atom. The number of thiocarbonyl (C=S) groups is 1. The Morgan fingerprint density at radius 1 is 1.00 bits per heavy atom. The summed E-state index contributed by atoms with van der Waals surface area (Å²) in [6.07, 6.45) is 6.62. The van der Waals surface area contributed by atoms with Crippen LogP contribution in [0.2, 0.25) is 0 Å². The number of aryl methyl sites for hydroxylation is 1. The fourth-order valence-electron chi connectivity index (χ4n) is 4.73. The van der Waals surface area contributed by atoms with Crippen molar-refractivity contribution < 1.29 is 4.39 Å². The van der Waals surface area contributed by atoms with Crippen LogP contribution in [-0.2, 0) is 6.42 Å². The number of anilines is 3. The van der Waals surface area contributed by atoms with E-state index in [1.165, 1.54) is 37.8 Å². The monoisotopic (exact) mass is 484 g/mol. The van der Waals surface area contributed by atoms with Gasteiger partial charge >= 0.3 is 0 Å². The summed E-state index contributed by atoms with van der Waals surface area (Å²) >= 11 is 5.54. The second kappa shape index (κ2) is 11.8. The molecule has 0 amide bonds. The first kappa shape index (κ1) is 24.6. The van der Waals surface area contributed by atoms with Crippen LogP contribution in [0, 0.1) is 17.7 Å². The number of nitrogens with one attached hydrogen (secondary N) is 2. The Morgan fingerprint density at radius 3 is 2.41 bits per heavy atom. The third-order valence-corrected chi connectivity index (χ3v) is 7.10. The van der Waals surface area contributed by atoms with E-state index in [2.05, 4.69) is 40.3 Å². The number of halogens is 1. The number of aromatic nitrogens is 2. The molecule has 0 spiro atoms. The normalized spacial score (nSPS) is 19.2. The van der Waals surface area contributed by atoms with Gasteiger partial charge in [0.2, 0.25) is 5.95 Å². The van der Waals surface area contributed by atoms with Gasteiger partial charge in [-0.3, -0.25) is 0 Å². The van der Waals surface area contributed by atoms with Gasteiger partial charge in [-0.1, -0.05) is 26.0 Å². The molecule has 0 unspecified atom stereocenters. The lowest BCUT2D eigenvalue weighted by Crippen LogP contribution is -2.37. The van der Waals surface area contributed by atoms with Crippen LogP contribution in [0.25, 0.3) is 0 Å². The predicted molar refractivity (Wildman–Crippen MR) is 142 cm³/mol. The molecule has 0 bridgehead atoms. The molecule has 34 heavy (non-hydrogen) atoms.